The van der Waals surface area contributed by atoms with Gasteiger partial charge in [0.1, 0.15) is 0 Å². The van der Waals surface area contributed by atoms with Crippen LogP contribution in [0.25, 0.3) is 66.2 Å². The molecule has 2 aliphatic rings. The van der Waals surface area contributed by atoms with Crippen molar-refractivity contribution in [3.63, 3.8) is 0 Å². The lowest BCUT2D eigenvalue weighted by atomic mass is 9.74. The summed E-state index contributed by atoms with van der Waals surface area (Å²) in [7, 11) is 0. The van der Waals surface area contributed by atoms with Gasteiger partial charge in [-0.2, -0.15) is 0 Å². The van der Waals surface area contributed by atoms with Gasteiger partial charge in [-0.25, -0.2) is 0 Å². The van der Waals surface area contributed by atoms with Crippen molar-refractivity contribution in [2.75, 3.05) is 0 Å². The van der Waals surface area contributed by atoms with Crippen LogP contribution >= 0.6 is 0 Å². The Morgan fingerprint density at radius 1 is 0.413 bits per heavy atom. The molecule has 0 N–H and O–H groups in total. The minimum Gasteiger partial charge on any atom is -0.256 e. The zero-order chi connectivity index (χ0) is 31.2. The third-order valence-corrected chi connectivity index (χ3v) is 10.7. The third-order valence-electron chi connectivity index (χ3n) is 10.7. The van der Waals surface area contributed by atoms with Gasteiger partial charge in [0.25, 0.3) is 0 Å². The number of aromatic nitrogens is 1. The molecule has 220 valence electrons. The van der Waals surface area contributed by atoms with Crippen LogP contribution < -0.4 is 0 Å². The van der Waals surface area contributed by atoms with Gasteiger partial charge in [-0.3, -0.25) is 4.98 Å². The van der Waals surface area contributed by atoms with Gasteiger partial charge in [0.2, 0.25) is 0 Å². The maximum atomic E-state index is 4.59. The second-order valence-corrected chi connectivity index (χ2v) is 14.0. The number of hydrogen-bond acceptors (Lipinski definition) is 1. The van der Waals surface area contributed by atoms with Crippen LogP contribution in [0, 0.1) is 0 Å². The summed E-state index contributed by atoms with van der Waals surface area (Å²) in [5, 5.41) is 5.22. The second kappa shape index (κ2) is 9.61. The van der Waals surface area contributed by atoms with E-state index in [2.05, 4.69) is 154 Å². The van der Waals surface area contributed by atoms with Crippen LogP contribution in [0.4, 0.5) is 0 Å². The van der Waals surface area contributed by atoms with Gasteiger partial charge in [0.05, 0.1) is 5.69 Å². The van der Waals surface area contributed by atoms with Crippen molar-refractivity contribution < 1.29 is 0 Å². The Labute approximate surface area is 270 Å². The second-order valence-electron chi connectivity index (χ2n) is 14.0. The van der Waals surface area contributed by atoms with E-state index in [0.717, 1.165) is 11.3 Å². The first-order valence-corrected chi connectivity index (χ1v) is 16.3. The van der Waals surface area contributed by atoms with E-state index in [-0.39, 0.29) is 10.8 Å². The summed E-state index contributed by atoms with van der Waals surface area (Å²) in [6, 6.07) is 49.2. The fourth-order valence-electron chi connectivity index (χ4n) is 8.43. The van der Waals surface area contributed by atoms with Gasteiger partial charge in [-0.1, -0.05) is 125 Å². The first-order valence-electron chi connectivity index (χ1n) is 16.3. The number of benzene rings is 6. The van der Waals surface area contributed by atoms with Crippen LogP contribution in [0.15, 0.2) is 140 Å². The normalized spacial score (nSPS) is 15.7. The first kappa shape index (κ1) is 27.1. The van der Waals surface area contributed by atoms with Crippen LogP contribution in [0.1, 0.15) is 49.9 Å². The molecule has 7 aromatic rings. The highest BCUT2D eigenvalue weighted by atomic mass is 14.7. The quantitative estimate of drug-likeness (QED) is 0.187. The number of pyridine rings is 1. The number of rotatable bonds is 3. The molecule has 0 spiro atoms. The standard InChI is InChI=1S/C45H35N/c1-44(2)39-26-29(28-13-11-14-32(24-28)41-18-9-10-23-46-41)19-21-36(39)42-43(44)37-22-20-31(27-40(37)45(42,3)4)38-25-30-12-5-6-15-33(30)34-16-7-8-17-35(34)38/h5-27H,1-4H3. The molecule has 1 nitrogen and oxygen atoms in total. The topological polar surface area (TPSA) is 12.9 Å². The summed E-state index contributed by atoms with van der Waals surface area (Å²) in [5.41, 5.74) is 15.6. The minimum absolute atomic E-state index is 0.112. The van der Waals surface area contributed by atoms with Crippen molar-refractivity contribution in [1.82, 2.24) is 4.98 Å². The van der Waals surface area contributed by atoms with Crippen LogP contribution in [-0.4, -0.2) is 4.98 Å². The highest BCUT2D eigenvalue weighted by molar-refractivity contribution is 6.14. The van der Waals surface area contributed by atoms with Crippen molar-refractivity contribution in [1.29, 1.82) is 0 Å². The van der Waals surface area contributed by atoms with Crippen LogP contribution in [0.3, 0.4) is 0 Å². The van der Waals surface area contributed by atoms with Crippen LogP contribution in [0.2, 0.25) is 0 Å². The summed E-state index contributed by atoms with van der Waals surface area (Å²) in [6.07, 6.45) is 1.86. The van der Waals surface area contributed by atoms with Gasteiger partial charge in [-0.15, -0.1) is 0 Å². The van der Waals surface area contributed by atoms with E-state index in [4.69, 9.17) is 0 Å². The molecular weight excluding hydrogens is 555 g/mol. The lowest BCUT2D eigenvalue weighted by molar-refractivity contribution is 0.694. The number of hydrogen-bond donors (Lipinski definition) is 0. The van der Waals surface area contributed by atoms with Crippen molar-refractivity contribution >= 4 is 32.7 Å². The highest BCUT2D eigenvalue weighted by Gasteiger charge is 2.49. The SMILES string of the molecule is CC1(C)C2=C(c3ccc(-c4cccc(-c5ccccn5)c4)cc31)C(C)(C)c1cc(-c3cc4ccccc4c4ccccc34)ccc12. The molecule has 1 aromatic heterocycles. The van der Waals surface area contributed by atoms with E-state index in [1.54, 1.807) is 0 Å². The van der Waals surface area contributed by atoms with Crippen molar-refractivity contribution in [2.24, 2.45) is 0 Å². The molecular formula is C45H35N. The molecule has 46 heavy (non-hydrogen) atoms. The molecule has 0 aliphatic heterocycles. The molecule has 6 aromatic carbocycles. The van der Waals surface area contributed by atoms with E-state index in [0.29, 0.717) is 0 Å². The molecule has 0 bridgehead atoms. The Morgan fingerprint density at radius 2 is 1.00 bits per heavy atom. The Balaban J connectivity index is 1.15. The zero-order valence-corrected chi connectivity index (χ0v) is 26.7. The maximum absolute atomic E-state index is 4.59. The molecule has 0 atom stereocenters. The largest absolute Gasteiger partial charge is 0.256 e. The van der Waals surface area contributed by atoms with Crippen LogP contribution in [0.5, 0.6) is 0 Å². The fourth-order valence-corrected chi connectivity index (χ4v) is 8.43. The van der Waals surface area contributed by atoms with Crippen molar-refractivity contribution in [2.45, 2.75) is 38.5 Å². The molecule has 0 unspecified atom stereocenters. The van der Waals surface area contributed by atoms with E-state index in [1.807, 2.05) is 18.3 Å². The summed E-state index contributed by atoms with van der Waals surface area (Å²) in [5.74, 6) is 0. The van der Waals surface area contributed by atoms with Gasteiger partial charge >= 0.3 is 0 Å². The molecule has 1 heterocycles. The predicted molar refractivity (Wildman–Crippen MR) is 195 cm³/mol. The zero-order valence-electron chi connectivity index (χ0n) is 26.7. The van der Waals surface area contributed by atoms with Crippen molar-refractivity contribution in [3.05, 3.63) is 162 Å². The fraction of sp³-hybridized carbons (Fsp3) is 0.133. The Kier molecular flexibility index (Phi) is 5.66. The predicted octanol–water partition coefficient (Wildman–Crippen LogP) is 11.9. The lowest BCUT2D eigenvalue weighted by Gasteiger charge is -2.29. The number of fused-ring (bicyclic) bond motifs is 7. The van der Waals surface area contributed by atoms with E-state index >= 15 is 0 Å². The van der Waals surface area contributed by atoms with Crippen molar-refractivity contribution in [3.8, 4) is 33.5 Å². The highest BCUT2D eigenvalue weighted by Crippen LogP contribution is 2.63. The molecule has 0 radical (unpaired) electrons. The summed E-state index contributed by atoms with van der Waals surface area (Å²) >= 11 is 0. The average molecular weight is 590 g/mol. The molecule has 2 aliphatic carbocycles. The molecule has 0 saturated carbocycles. The molecule has 1 heteroatoms. The van der Waals surface area contributed by atoms with E-state index in [1.165, 1.54) is 77.2 Å². The third kappa shape index (κ3) is 3.78. The number of allylic oxidation sites excluding steroid dienone is 2. The summed E-state index contributed by atoms with van der Waals surface area (Å²) in [4.78, 5) is 4.59. The Bertz CT molecular complexity index is 2410. The number of nitrogens with zero attached hydrogens (tertiary/aromatic N) is 1. The van der Waals surface area contributed by atoms with Gasteiger partial charge < -0.3 is 0 Å². The minimum atomic E-state index is -0.115. The average Bonchev–Trinajstić information content (AvgIpc) is 3.49. The monoisotopic (exact) mass is 589 g/mol. The Hall–Kier alpha value is -5.27. The molecule has 0 fully saturated rings. The Morgan fingerprint density at radius 3 is 1.72 bits per heavy atom. The first-order chi connectivity index (χ1) is 22.3. The van der Waals surface area contributed by atoms with Gasteiger partial charge in [0.15, 0.2) is 0 Å². The van der Waals surface area contributed by atoms with Gasteiger partial charge in [-0.05, 0) is 114 Å². The summed E-state index contributed by atoms with van der Waals surface area (Å²) < 4.78 is 0. The van der Waals surface area contributed by atoms with E-state index in [9.17, 15) is 0 Å². The smallest absolute Gasteiger partial charge is 0.0702 e. The molecule has 0 saturated heterocycles. The van der Waals surface area contributed by atoms with Crippen LogP contribution in [-0.2, 0) is 10.8 Å². The molecule has 9 rings (SSSR count). The maximum Gasteiger partial charge on any atom is 0.0702 e. The molecule has 0 amide bonds. The summed E-state index contributed by atoms with van der Waals surface area (Å²) in [6.45, 7) is 9.67. The lowest BCUT2D eigenvalue weighted by Crippen LogP contribution is -2.19. The van der Waals surface area contributed by atoms with E-state index < -0.39 is 0 Å². The van der Waals surface area contributed by atoms with Gasteiger partial charge in [0, 0.05) is 22.6 Å².